The van der Waals surface area contributed by atoms with Crippen LogP contribution in [0.3, 0.4) is 0 Å². The highest BCUT2D eigenvalue weighted by Gasteiger charge is 2.09. The first kappa shape index (κ1) is 23.4. The zero-order valence-electron chi connectivity index (χ0n) is 17.9. The number of aromatic nitrogens is 7. The number of halogens is 1. The fourth-order valence-corrected chi connectivity index (χ4v) is 3.04. The number of nitrogens with zero attached hydrogens (tertiary/aromatic N) is 4. The van der Waals surface area contributed by atoms with Crippen LogP contribution in [-0.2, 0) is 6.54 Å². The number of rotatable bonds is 3. The molecule has 0 unspecified atom stereocenters. The van der Waals surface area contributed by atoms with Gasteiger partial charge in [-0.25, -0.2) is 19.9 Å². The number of pyridine rings is 1. The van der Waals surface area contributed by atoms with Crippen LogP contribution in [0.4, 0.5) is 11.5 Å². The van der Waals surface area contributed by atoms with Crippen LogP contribution in [0.5, 0.6) is 0 Å². The van der Waals surface area contributed by atoms with Crippen molar-refractivity contribution in [2.75, 3.05) is 11.1 Å². The number of nitrogens with two attached hydrogens (primary N) is 1. The van der Waals surface area contributed by atoms with Gasteiger partial charge in [0.15, 0.2) is 11.5 Å². The van der Waals surface area contributed by atoms with Crippen LogP contribution in [0.1, 0.15) is 19.7 Å². The lowest BCUT2D eigenvalue weighted by Crippen LogP contribution is -2.15. The van der Waals surface area contributed by atoms with Gasteiger partial charge in [0, 0.05) is 6.20 Å². The van der Waals surface area contributed by atoms with Gasteiger partial charge in [-0.05, 0) is 24.3 Å². The fourth-order valence-electron chi connectivity index (χ4n) is 2.78. The van der Waals surface area contributed by atoms with Gasteiger partial charge in [-0.3, -0.25) is 9.59 Å². The zero-order valence-corrected chi connectivity index (χ0v) is 18.6. The van der Waals surface area contributed by atoms with Crippen molar-refractivity contribution in [2.45, 2.75) is 20.4 Å². The van der Waals surface area contributed by atoms with Gasteiger partial charge in [0.1, 0.15) is 17.7 Å². The van der Waals surface area contributed by atoms with Crippen molar-refractivity contribution in [1.82, 2.24) is 34.9 Å². The maximum atomic E-state index is 12.2. The van der Waals surface area contributed by atoms with Crippen molar-refractivity contribution in [3.8, 4) is 0 Å². The molecule has 0 radical (unpaired) electrons. The van der Waals surface area contributed by atoms with Crippen molar-refractivity contribution >= 4 is 45.2 Å². The number of nitrogens with one attached hydrogen (secondary N) is 4. The predicted octanol–water partition coefficient (Wildman–Crippen LogP) is 2.84. The minimum Gasteiger partial charge on any atom is -0.394 e. The largest absolute Gasteiger partial charge is 0.394 e. The normalized spacial score (nSPS) is 10.2. The SMILES string of the molecule is CC.Nc1ccc[nH]c1=O.O=c1[nH]c(CNc2ncnc3nc[nH]c23)nc2cccc(Cl)c12. The number of aromatic amines is 3. The average Bonchev–Trinajstić information content (AvgIpc) is 3.31. The van der Waals surface area contributed by atoms with Crippen molar-refractivity contribution in [3.63, 3.8) is 0 Å². The van der Waals surface area contributed by atoms with Gasteiger partial charge in [-0.15, -0.1) is 0 Å². The summed E-state index contributed by atoms with van der Waals surface area (Å²) >= 11 is 6.04. The Morgan fingerprint density at radius 1 is 1.03 bits per heavy atom. The molecule has 170 valence electrons. The summed E-state index contributed by atoms with van der Waals surface area (Å²) in [5.41, 5.74) is 6.74. The second-order valence-corrected chi connectivity index (χ2v) is 6.69. The van der Waals surface area contributed by atoms with E-state index in [0.29, 0.717) is 45.3 Å². The zero-order chi connectivity index (χ0) is 23.8. The number of anilines is 2. The van der Waals surface area contributed by atoms with E-state index in [9.17, 15) is 9.59 Å². The standard InChI is InChI=1S/C14H10ClN7O.C5H6N2O.C2H6/c15-7-2-1-3-8-10(7)14(23)22-9(21-8)4-16-12-11-13(18-5-17-11)20-6-19-12;6-4-2-1-3-7-5(4)8;1-2/h1-3,5-6H,4H2,(H,21,22,23)(H2,16,17,18,19,20);1-3H,6H2,(H,7,8);1-2H3. The van der Waals surface area contributed by atoms with Crippen LogP contribution < -0.4 is 22.2 Å². The van der Waals surface area contributed by atoms with E-state index in [0.717, 1.165) is 0 Å². The average molecular weight is 468 g/mol. The molecule has 0 spiro atoms. The highest BCUT2D eigenvalue weighted by atomic mass is 35.5. The first-order valence-electron chi connectivity index (χ1n) is 10.0. The van der Waals surface area contributed by atoms with Gasteiger partial charge in [0.2, 0.25) is 0 Å². The molecule has 4 heterocycles. The molecule has 4 aromatic heterocycles. The van der Waals surface area contributed by atoms with Crippen LogP contribution in [0.25, 0.3) is 22.1 Å². The maximum Gasteiger partial charge on any atom is 0.271 e. The molecule has 0 amide bonds. The molecule has 0 bridgehead atoms. The van der Waals surface area contributed by atoms with E-state index >= 15 is 0 Å². The first-order valence-corrected chi connectivity index (χ1v) is 10.4. The Morgan fingerprint density at radius 3 is 2.58 bits per heavy atom. The molecule has 1 aromatic carbocycles. The number of fused-ring (bicyclic) bond motifs is 2. The van der Waals surface area contributed by atoms with Crippen molar-refractivity contribution in [1.29, 1.82) is 0 Å². The molecule has 5 aromatic rings. The van der Waals surface area contributed by atoms with Crippen LogP contribution in [0.2, 0.25) is 5.02 Å². The quantitative estimate of drug-likeness (QED) is 0.269. The predicted molar refractivity (Wildman–Crippen MR) is 129 cm³/mol. The molecule has 11 nitrogen and oxygen atoms in total. The fraction of sp³-hybridized carbons (Fsp3) is 0.143. The summed E-state index contributed by atoms with van der Waals surface area (Å²) in [6.45, 7) is 4.29. The summed E-state index contributed by atoms with van der Waals surface area (Å²) in [6, 6.07) is 8.40. The molecule has 0 fully saturated rings. The number of hydrogen-bond acceptors (Lipinski definition) is 8. The lowest BCUT2D eigenvalue weighted by atomic mass is 10.2. The Balaban J connectivity index is 0.000000258. The van der Waals surface area contributed by atoms with E-state index in [-0.39, 0.29) is 16.8 Å². The molecular weight excluding hydrogens is 446 g/mol. The summed E-state index contributed by atoms with van der Waals surface area (Å²) in [6.07, 6.45) is 4.50. The van der Waals surface area contributed by atoms with Gasteiger partial charge in [0.05, 0.1) is 34.5 Å². The number of benzene rings is 1. The monoisotopic (exact) mass is 467 g/mol. The second kappa shape index (κ2) is 10.9. The van der Waals surface area contributed by atoms with E-state index < -0.39 is 0 Å². The highest BCUT2D eigenvalue weighted by molar-refractivity contribution is 6.35. The van der Waals surface area contributed by atoms with Crippen LogP contribution in [0.15, 0.2) is 58.8 Å². The number of hydrogen-bond donors (Lipinski definition) is 5. The molecule has 0 aliphatic carbocycles. The van der Waals surface area contributed by atoms with E-state index in [2.05, 4.69) is 40.2 Å². The Kier molecular flexibility index (Phi) is 7.71. The molecule has 0 atom stereocenters. The van der Waals surface area contributed by atoms with Gasteiger partial charge in [0.25, 0.3) is 11.1 Å². The Labute approximate surface area is 192 Å². The van der Waals surface area contributed by atoms with Crippen molar-refractivity contribution < 1.29 is 0 Å². The molecule has 12 heteroatoms. The summed E-state index contributed by atoms with van der Waals surface area (Å²) in [5.74, 6) is 1.07. The van der Waals surface area contributed by atoms with E-state index in [1.54, 1.807) is 42.9 Å². The molecular formula is C21H22ClN9O2. The van der Waals surface area contributed by atoms with E-state index in [1.165, 1.54) is 6.33 Å². The topological polar surface area (TPSA) is 171 Å². The molecule has 5 rings (SSSR count). The highest BCUT2D eigenvalue weighted by Crippen LogP contribution is 2.18. The molecule has 0 aliphatic heterocycles. The van der Waals surface area contributed by atoms with Gasteiger partial charge in [-0.2, -0.15) is 0 Å². The van der Waals surface area contributed by atoms with Crippen molar-refractivity contribution in [2.24, 2.45) is 0 Å². The minimum absolute atomic E-state index is 0.229. The molecule has 6 N–H and O–H groups in total. The van der Waals surface area contributed by atoms with E-state index in [1.807, 2.05) is 13.8 Å². The summed E-state index contributed by atoms with van der Waals surface area (Å²) in [5, 5.41) is 3.87. The van der Waals surface area contributed by atoms with Gasteiger partial charge >= 0.3 is 0 Å². The number of imidazole rings is 1. The smallest absolute Gasteiger partial charge is 0.271 e. The van der Waals surface area contributed by atoms with Crippen molar-refractivity contribution in [3.05, 3.63) is 80.7 Å². The van der Waals surface area contributed by atoms with Crippen LogP contribution >= 0.6 is 11.6 Å². The molecule has 0 aliphatic rings. The Bertz CT molecular complexity index is 1480. The van der Waals surface area contributed by atoms with Crippen LogP contribution in [0, 0.1) is 0 Å². The molecule has 0 saturated heterocycles. The van der Waals surface area contributed by atoms with E-state index in [4.69, 9.17) is 17.3 Å². The third-order valence-electron chi connectivity index (χ3n) is 4.23. The Morgan fingerprint density at radius 2 is 1.85 bits per heavy atom. The van der Waals surface area contributed by atoms with Crippen LogP contribution in [-0.4, -0.2) is 34.9 Å². The maximum absolute atomic E-state index is 12.2. The molecule has 0 saturated carbocycles. The summed E-state index contributed by atoms with van der Waals surface area (Å²) in [7, 11) is 0. The van der Waals surface area contributed by atoms with Gasteiger partial charge < -0.3 is 26.0 Å². The summed E-state index contributed by atoms with van der Waals surface area (Å²) < 4.78 is 0. The Hall–Kier alpha value is -4.25. The second-order valence-electron chi connectivity index (χ2n) is 6.28. The third-order valence-corrected chi connectivity index (χ3v) is 4.54. The minimum atomic E-state index is -0.272. The third kappa shape index (κ3) is 5.52. The lowest BCUT2D eigenvalue weighted by Gasteiger charge is -2.07. The summed E-state index contributed by atoms with van der Waals surface area (Å²) in [4.78, 5) is 47.4. The molecule has 33 heavy (non-hydrogen) atoms. The number of nitrogen functional groups attached to an aromatic ring is 1. The number of H-pyrrole nitrogens is 3. The lowest BCUT2D eigenvalue weighted by molar-refractivity contribution is 0.945. The first-order chi connectivity index (χ1) is 16.0. The van der Waals surface area contributed by atoms with Gasteiger partial charge in [-0.1, -0.05) is 31.5 Å².